The van der Waals surface area contributed by atoms with Gasteiger partial charge < -0.3 is 0 Å². The molecule has 94 valence electrons. The fourth-order valence-electron chi connectivity index (χ4n) is 2.03. The van der Waals surface area contributed by atoms with E-state index in [0.717, 1.165) is 24.8 Å². The second-order valence-electron chi connectivity index (χ2n) is 4.49. The van der Waals surface area contributed by atoms with Crippen LogP contribution >= 0.6 is 11.6 Å². The molecule has 2 atom stereocenters. The van der Waals surface area contributed by atoms with Gasteiger partial charge in [0.25, 0.3) is 0 Å². The summed E-state index contributed by atoms with van der Waals surface area (Å²) in [6, 6.07) is 6.69. The molecule has 2 rings (SSSR count). The second kappa shape index (κ2) is 4.96. The van der Waals surface area contributed by atoms with Crippen LogP contribution in [0.2, 0.25) is 0 Å². The molecule has 1 saturated carbocycles. The van der Waals surface area contributed by atoms with E-state index in [1.165, 1.54) is 0 Å². The van der Waals surface area contributed by atoms with Crippen LogP contribution in [0.5, 0.6) is 0 Å². The summed E-state index contributed by atoms with van der Waals surface area (Å²) in [6.07, 6.45) is 2.68. The van der Waals surface area contributed by atoms with Crippen molar-refractivity contribution in [3.8, 4) is 0 Å². The van der Waals surface area contributed by atoms with E-state index in [0.29, 0.717) is 4.90 Å². The Morgan fingerprint density at radius 1 is 1.24 bits per heavy atom. The van der Waals surface area contributed by atoms with Crippen LogP contribution in [0.4, 0.5) is 0 Å². The van der Waals surface area contributed by atoms with E-state index in [1.54, 1.807) is 24.3 Å². The number of hydrogen-bond acceptors (Lipinski definition) is 2. The first-order valence-corrected chi connectivity index (χ1v) is 7.64. The van der Waals surface area contributed by atoms with Gasteiger partial charge in [-0.1, -0.05) is 24.1 Å². The first kappa shape index (κ1) is 12.9. The van der Waals surface area contributed by atoms with Gasteiger partial charge >= 0.3 is 0 Å². The van der Waals surface area contributed by atoms with E-state index in [4.69, 9.17) is 11.6 Å². The van der Waals surface area contributed by atoms with Crippen molar-refractivity contribution in [1.82, 2.24) is 4.72 Å². The number of alkyl halides is 1. The lowest BCUT2D eigenvalue weighted by molar-refractivity contribution is 0.554. The molecule has 0 amide bonds. The predicted molar refractivity (Wildman–Crippen MR) is 68.8 cm³/mol. The molecule has 0 spiro atoms. The summed E-state index contributed by atoms with van der Waals surface area (Å²) in [7, 11) is -3.43. The van der Waals surface area contributed by atoms with E-state index in [-0.39, 0.29) is 11.4 Å². The molecule has 1 aromatic rings. The van der Waals surface area contributed by atoms with Crippen molar-refractivity contribution < 1.29 is 8.42 Å². The van der Waals surface area contributed by atoms with Crippen molar-refractivity contribution in [2.45, 2.75) is 42.5 Å². The van der Waals surface area contributed by atoms with E-state index in [9.17, 15) is 8.42 Å². The van der Waals surface area contributed by atoms with Crippen LogP contribution in [0, 0.1) is 6.92 Å². The number of benzene rings is 1. The van der Waals surface area contributed by atoms with E-state index in [1.807, 2.05) is 6.92 Å². The molecular formula is C12H16ClNO2S. The third kappa shape index (κ3) is 3.00. The van der Waals surface area contributed by atoms with Crippen LogP contribution in [-0.2, 0) is 10.0 Å². The Hall–Kier alpha value is -0.580. The van der Waals surface area contributed by atoms with Crippen LogP contribution in [-0.4, -0.2) is 19.8 Å². The SMILES string of the molecule is Cc1ccc(S(=O)(=O)NC2CCCC2Cl)cc1. The van der Waals surface area contributed by atoms with Crippen LogP contribution in [0.1, 0.15) is 24.8 Å². The van der Waals surface area contributed by atoms with Crippen molar-refractivity contribution >= 4 is 21.6 Å². The van der Waals surface area contributed by atoms with Gasteiger partial charge in [-0.05, 0) is 31.9 Å². The molecule has 0 aromatic heterocycles. The predicted octanol–water partition coefficient (Wildman–Crippen LogP) is 2.43. The average Bonchev–Trinajstić information content (AvgIpc) is 2.64. The van der Waals surface area contributed by atoms with Crippen LogP contribution in [0.25, 0.3) is 0 Å². The van der Waals surface area contributed by atoms with Gasteiger partial charge in [0, 0.05) is 11.4 Å². The van der Waals surface area contributed by atoms with Gasteiger partial charge in [0.2, 0.25) is 10.0 Å². The van der Waals surface area contributed by atoms with Crippen molar-refractivity contribution in [3.05, 3.63) is 29.8 Å². The first-order valence-electron chi connectivity index (χ1n) is 5.72. The molecule has 1 fully saturated rings. The maximum absolute atomic E-state index is 12.1. The van der Waals surface area contributed by atoms with Crippen molar-refractivity contribution in [2.24, 2.45) is 0 Å². The highest BCUT2D eigenvalue weighted by atomic mass is 35.5. The van der Waals surface area contributed by atoms with Gasteiger partial charge in [-0.2, -0.15) is 0 Å². The summed E-state index contributed by atoms with van der Waals surface area (Å²) in [5, 5.41) is -0.0878. The molecule has 17 heavy (non-hydrogen) atoms. The largest absolute Gasteiger partial charge is 0.240 e. The molecule has 0 bridgehead atoms. The third-order valence-electron chi connectivity index (χ3n) is 3.07. The minimum atomic E-state index is -3.43. The van der Waals surface area contributed by atoms with Crippen molar-refractivity contribution in [2.75, 3.05) is 0 Å². The highest BCUT2D eigenvalue weighted by Gasteiger charge is 2.29. The maximum Gasteiger partial charge on any atom is 0.240 e. The van der Waals surface area contributed by atoms with Gasteiger partial charge in [0.15, 0.2) is 0 Å². The van der Waals surface area contributed by atoms with E-state index in [2.05, 4.69) is 4.72 Å². The topological polar surface area (TPSA) is 46.2 Å². The summed E-state index contributed by atoms with van der Waals surface area (Å²) in [6.45, 7) is 1.93. The van der Waals surface area contributed by atoms with Gasteiger partial charge in [0.05, 0.1) is 4.90 Å². The molecule has 0 aliphatic heterocycles. The zero-order valence-electron chi connectivity index (χ0n) is 9.69. The van der Waals surface area contributed by atoms with E-state index >= 15 is 0 Å². The van der Waals surface area contributed by atoms with Crippen molar-refractivity contribution in [3.63, 3.8) is 0 Å². The van der Waals surface area contributed by atoms with Crippen LogP contribution in [0.3, 0.4) is 0 Å². The van der Waals surface area contributed by atoms with Gasteiger partial charge in [0.1, 0.15) is 0 Å². The molecule has 2 unspecified atom stereocenters. The van der Waals surface area contributed by atoms with Gasteiger partial charge in [-0.3, -0.25) is 0 Å². The highest BCUT2D eigenvalue weighted by molar-refractivity contribution is 7.89. The minimum Gasteiger partial charge on any atom is -0.207 e. The van der Waals surface area contributed by atoms with Crippen LogP contribution < -0.4 is 4.72 Å². The summed E-state index contributed by atoms with van der Waals surface area (Å²) in [5.74, 6) is 0. The quantitative estimate of drug-likeness (QED) is 0.860. The minimum absolute atomic E-state index is 0.0878. The maximum atomic E-state index is 12.1. The lowest BCUT2D eigenvalue weighted by Gasteiger charge is -2.16. The highest BCUT2D eigenvalue weighted by Crippen LogP contribution is 2.25. The van der Waals surface area contributed by atoms with Crippen molar-refractivity contribution in [1.29, 1.82) is 0 Å². The Morgan fingerprint density at radius 3 is 2.41 bits per heavy atom. The zero-order chi connectivity index (χ0) is 12.5. The zero-order valence-corrected chi connectivity index (χ0v) is 11.3. The number of hydrogen-bond donors (Lipinski definition) is 1. The monoisotopic (exact) mass is 273 g/mol. The van der Waals surface area contributed by atoms with Gasteiger partial charge in [-0.25, -0.2) is 13.1 Å². The Balaban J connectivity index is 2.16. The molecular weight excluding hydrogens is 258 g/mol. The van der Waals surface area contributed by atoms with Crippen LogP contribution in [0.15, 0.2) is 29.2 Å². The fourth-order valence-corrected chi connectivity index (χ4v) is 3.76. The second-order valence-corrected chi connectivity index (χ2v) is 6.76. The molecule has 1 aromatic carbocycles. The molecule has 0 heterocycles. The summed E-state index contributed by atoms with van der Waals surface area (Å²) in [4.78, 5) is 0.305. The third-order valence-corrected chi connectivity index (χ3v) is 5.10. The Kier molecular flexibility index (Phi) is 3.76. The number of nitrogens with one attached hydrogen (secondary N) is 1. The van der Waals surface area contributed by atoms with Gasteiger partial charge in [-0.15, -0.1) is 11.6 Å². The summed E-state index contributed by atoms with van der Waals surface area (Å²) >= 11 is 6.07. The molecule has 0 radical (unpaired) electrons. The molecule has 1 aliphatic carbocycles. The Bertz CT molecular complexity index is 484. The Labute approximate surface area is 107 Å². The lowest BCUT2D eigenvalue weighted by atomic mass is 10.2. The summed E-state index contributed by atoms with van der Waals surface area (Å²) in [5.41, 5.74) is 1.04. The molecule has 0 saturated heterocycles. The smallest absolute Gasteiger partial charge is 0.207 e. The first-order chi connectivity index (χ1) is 7.99. The fraction of sp³-hybridized carbons (Fsp3) is 0.500. The molecule has 3 nitrogen and oxygen atoms in total. The molecule has 5 heteroatoms. The Morgan fingerprint density at radius 2 is 1.88 bits per heavy atom. The number of rotatable bonds is 3. The number of sulfonamides is 1. The average molecular weight is 274 g/mol. The summed E-state index contributed by atoms with van der Waals surface area (Å²) < 4.78 is 26.8. The standard InChI is InChI=1S/C12H16ClNO2S/c1-9-5-7-10(8-6-9)17(15,16)14-12-4-2-3-11(12)13/h5-8,11-12,14H,2-4H2,1H3. The number of halogens is 1. The van der Waals surface area contributed by atoms with E-state index < -0.39 is 10.0 Å². The molecule has 1 aliphatic rings. The molecule has 1 N–H and O–H groups in total. The number of aryl methyl sites for hydroxylation is 1. The normalized spacial score (nSPS) is 25.1. The lowest BCUT2D eigenvalue weighted by Crippen LogP contribution is -2.37.